The minimum absolute atomic E-state index is 0.206. The lowest BCUT2D eigenvalue weighted by molar-refractivity contribution is 0.210. The van der Waals surface area contributed by atoms with E-state index in [-0.39, 0.29) is 6.61 Å². The Morgan fingerprint density at radius 2 is 1.93 bits per heavy atom. The van der Waals surface area contributed by atoms with Crippen LogP contribution in [0.15, 0.2) is 0 Å². The van der Waals surface area contributed by atoms with Crippen molar-refractivity contribution in [3.8, 4) is 0 Å². The van der Waals surface area contributed by atoms with Gasteiger partial charge in [-0.2, -0.15) is 0 Å². The van der Waals surface area contributed by atoms with Crippen LogP contribution in [0.3, 0.4) is 0 Å². The molecule has 3 nitrogen and oxygen atoms in total. The highest BCUT2D eigenvalue weighted by atomic mass is 32.2. The van der Waals surface area contributed by atoms with Gasteiger partial charge in [0.05, 0.1) is 11.5 Å². The normalized spacial score (nSPS) is 33.1. The molecule has 2 unspecified atom stereocenters. The van der Waals surface area contributed by atoms with Gasteiger partial charge in [0, 0.05) is 6.61 Å². The van der Waals surface area contributed by atoms with Crippen molar-refractivity contribution in [3.05, 3.63) is 0 Å². The molecule has 82 valence electrons. The molecule has 1 aliphatic heterocycles. The highest BCUT2D eigenvalue weighted by molar-refractivity contribution is 7.91. The van der Waals surface area contributed by atoms with E-state index in [0.29, 0.717) is 29.3 Å². The molecule has 0 aromatic heterocycles. The summed E-state index contributed by atoms with van der Waals surface area (Å²) in [4.78, 5) is 0. The van der Waals surface area contributed by atoms with Crippen LogP contribution in [-0.2, 0) is 9.84 Å². The quantitative estimate of drug-likeness (QED) is 0.760. The summed E-state index contributed by atoms with van der Waals surface area (Å²) in [5.74, 6) is 2.25. The monoisotopic (exact) mass is 218 g/mol. The Balaban J connectivity index is 1.98. The van der Waals surface area contributed by atoms with Crippen LogP contribution in [-0.4, -0.2) is 31.6 Å². The lowest BCUT2D eigenvalue weighted by Gasteiger charge is -2.20. The number of aliphatic hydroxyl groups excluding tert-OH is 1. The first kappa shape index (κ1) is 10.4. The molecule has 0 spiro atoms. The van der Waals surface area contributed by atoms with Crippen LogP contribution in [0, 0.1) is 17.8 Å². The molecule has 2 aliphatic rings. The van der Waals surface area contributed by atoms with E-state index in [9.17, 15) is 8.42 Å². The van der Waals surface area contributed by atoms with Gasteiger partial charge in [-0.05, 0) is 43.4 Å². The molecule has 1 aliphatic carbocycles. The van der Waals surface area contributed by atoms with Gasteiger partial charge in [-0.1, -0.05) is 0 Å². The molecule has 2 rings (SSSR count). The fraction of sp³-hybridized carbons (Fsp3) is 1.00. The number of aliphatic hydroxyl groups is 1. The van der Waals surface area contributed by atoms with Crippen LogP contribution in [0.4, 0.5) is 0 Å². The molecule has 0 amide bonds. The highest BCUT2D eigenvalue weighted by Gasteiger charge is 2.40. The van der Waals surface area contributed by atoms with Crippen LogP contribution < -0.4 is 0 Å². The maximum atomic E-state index is 11.3. The zero-order valence-corrected chi connectivity index (χ0v) is 9.17. The lowest BCUT2D eigenvalue weighted by atomic mass is 9.85. The second-order valence-electron chi connectivity index (χ2n) is 4.68. The zero-order valence-electron chi connectivity index (χ0n) is 8.35. The molecule has 2 fully saturated rings. The van der Waals surface area contributed by atoms with Gasteiger partial charge in [0.15, 0.2) is 9.84 Å². The summed E-state index contributed by atoms with van der Waals surface area (Å²) in [6.45, 7) is 0.206. The molecule has 0 aromatic rings. The average Bonchev–Trinajstić information content (AvgIpc) is 2.87. The van der Waals surface area contributed by atoms with Crippen LogP contribution >= 0.6 is 0 Å². The van der Waals surface area contributed by atoms with Gasteiger partial charge < -0.3 is 5.11 Å². The molecule has 2 atom stereocenters. The summed E-state index contributed by atoms with van der Waals surface area (Å²) in [6.07, 6.45) is 4.09. The fourth-order valence-corrected chi connectivity index (χ4v) is 4.59. The first-order valence-electron chi connectivity index (χ1n) is 5.43. The van der Waals surface area contributed by atoms with Crippen molar-refractivity contribution in [2.45, 2.75) is 25.7 Å². The van der Waals surface area contributed by atoms with Crippen LogP contribution in [0.2, 0.25) is 0 Å². The summed E-state index contributed by atoms with van der Waals surface area (Å²) >= 11 is 0. The molecular weight excluding hydrogens is 200 g/mol. The Labute approximate surface area is 85.4 Å². The summed E-state index contributed by atoms with van der Waals surface area (Å²) in [6, 6.07) is 0. The maximum absolute atomic E-state index is 11.3. The Kier molecular flexibility index (Phi) is 2.84. The van der Waals surface area contributed by atoms with Crippen LogP contribution in [0.25, 0.3) is 0 Å². The van der Waals surface area contributed by atoms with Crippen molar-refractivity contribution in [2.24, 2.45) is 17.8 Å². The largest absolute Gasteiger partial charge is 0.396 e. The lowest BCUT2D eigenvalue weighted by Crippen LogP contribution is -2.19. The van der Waals surface area contributed by atoms with Crippen LogP contribution in [0.5, 0.6) is 0 Å². The van der Waals surface area contributed by atoms with Crippen molar-refractivity contribution in [2.75, 3.05) is 18.1 Å². The Morgan fingerprint density at radius 1 is 1.21 bits per heavy atom. The first-order valence-corrected chi connectivity index (χ1v) is 7.26. The second kappa shape index (κ2) is 3.81. The molecule has 1 N–H and O–H groups in total. The third-order valence-electron chi connectivity index (χ3n) is 3.56. The maximum Gasteiger partial charge on any atom is 0.150 e. The summed E-state index contributed by atoms with van der Waals surface area (Å²) in [7, 11) is -2.75. The van der Waals surface area contributed by atoms with Gasteiger partial charge in [-0.15, -0.1) is 0 Å². The molecule has 0 radical (unpaired) electrons. The SMILES string of the molecule is O=S1(=O)CCC(C(CCO)C2CC2)C1. The van der Waals surface area contributed by atoms with E-state index in [1.54, 1.807) is 0 Å². The minimum Gasteiger partial charge on any atom is -0.396 e. The molecule has 1 heterocycles. The molecule has 1 saturated carbocycles. The molecule has 1 saturated heterocycles. The predicted molar refractivity (Wildman–Crippen MR) is 54.7 cm³/mol. The molecule has 14 heavy (non-hydrogen) atoms. The zero-order chi connectivity index (χ0) is 10.2. The summed E-state index contributed by atoms with van der Waals surface area (Å²) in [5.41, 5.74) is 0. The number of sulfone groups is 1. The van der Waals surface area contributed by atoms with Gasteiger partial charge in [-0.3, -0.25) is 0 Å². The molecule has 0 aromatic carbocycles. The first-order chi connectivity index (χ1) is 6.62. The van der Waals surface area contributed by atoms with E-state index in [0.717, 1.165) is 12.8 Å². The fourth-order valence-electron chi connectivity index (χ4n) is 2.69. The average molecular weight is 218 g/mol. The van der Waals surface area contributed by atoms with E-state index < -0.39 is 9.84 Å². The number of hydrogen-bond acceptors (Lipinski definition) is 3. The van der Waals surface area contributed by atoms with Gasteiger partial charge in [0.1, 0.15) is 0 Å². The minimum atomic E-state index is -2.75. The highest BCUT2D eigenvalue weighted by Crippen LogP contribution is 2.45. The van der Waals surface area contributed by atoms with E-state index in [2.05, 4.69) is 0 Å². The summed E-state index contributed by atoms with van der Waals surface area (Å²) in [5, 5.41) is 8.95. The number of rotatable bonds is 4. The summed E-state index contributed by atoms with van der Waals surface area (Å²) < 4.78 is 22.7. The van der Waals surface area contributed by atoms with Crippen molar-refractivity contribution >= 4 is 9.84 Å². The van der Waals surface area contributed by atoms with Crippen molar-refractivity contribution in [1.82, 2.24) is 0 Å². The molecule has 4 heteroatoms. The topological polar surface area (TPSA) is 54.4 Å². The van der Waals surface area contributed by atoms with E-state index in [1.165, 1.54) is 12.8 Å². The van der Waals surface area contributed by atoms with Crippen molar-refractivity contribution in [3.63, 3.8) is 0 Å². The third kappa shape index (κ3) is 2.28. The van der Waals surface area contributed by atoms with Crippen molar-refractivity contribution in [1.29, 1.82) is 0 Å². The third-order valence-corrected chi connectivity index (χ3v) is 5.36. The van der Waals surface area contributed by atoms with Crippen molar-refractivity contribution < 1.29 is 13.5 Å². The van der Waals surface area contributed by atoms with Gasteiger partial charge in [0.25, 0.3) is 0 Å². The van der Waals surface area contributed by atoms with E-state index in [1.807, 2.05) is 0 Å². The smallest absolute Gasteiger partial charge is 0.150 e. The molecule has 0 bridgehead atoms. The predicted octanol–water partition coefficient (Wildman–Crippen LogP) is 0.830. The number of hydrogen-bond donors (Lipinski definition) is 1. The molecular formula is C10H18O3S. The van der Waals surface area contributed by atoms with Gasteiger partial charge in [-0.25, -0.2) is 8.42 Å². The van der Waals surface area contributed by atoms with Crippen LogP contribution in [0.1, 0.15) is 25.7 Å². The van der Waals surface area contributed by atoms with Gasteiger partial charge in [0.2, 0.25) is 0 Å². The van der Waals surface area contributed by atoms with E-state index >= 15 is 0 Å². The Morgan fingerprint density at radius 3 is 2.36 bits per heavy atom. The standard InChI is InChI=1S/C10H18O3S/c11-5-3-10(8-1-2-8)9-4-6-14(12,13)7-9/h8-11H,1-7H2. The Hall–Kier alpha value is -0.0900. The second-order valence-corrected chi connectivity index (χ2v) is 6.91. The van der Waals surface area contributed by atoms with E-state index in [4.69, 9.17) is 5.11 Å². The Bertz CT molecular complexity index is 292. The van der Waals surface area contributed by atoms with Gasteiger partial charge >= 0.3 is 0 Å².